The summed E-state index contributed by atoms with van der Waals surface area (Å²) >= 11 is 0. The lowest BCUT2D eigenvalue weighted by atomic mass is 10.1. The zero-order chi connectivity index (χ0) is 14.8. The molecule has 22 heavy (non-hydrogen) atoms. The average Bonchev–Trinajstić information content (AvgIpc) is 3.45. The zero-order valence-corrected chi connectivity index (χ0v) is 13.5. The Morgan fingerprint density at radius 3 is 2.73 bits per heavy atom. The summed E-state index contributed by atoms with van der Waals surface area (Å²) in [5.74, 6) is 1.61. The standard InChI is InChI=1S/C19H29N3/c1-2-4-16(5-3-1)17-10-18(17)22-14-19(7-8-19)13-21-12-15-6-9-20-11-15/h1-5,15,17-18,20-22H,6-14H2/t15?,17-,18?/m1/s1. The summed E-state index contributed by atoms with van der Waals surface area (Å²) in [4.78, 5) is 0. The molecule has 2 unspecified atom stereocenters. The minimum Gasteiger partial charge on any atom is -0.316 e. The van der Waals surface area contributed by atoms with Gasteiger partial charge in [-0.05, 0) is 62.2 Å². The molecule has 3 aliphatic rings. The van der Waals surface area contributed by atoms with Crippen LogP contribution < -0.4 is 16.0 Å². The molecule has 0 aromatic heterocycles. The molecule has 0 radical (unpaired) electrons. The summed E-state index contributed by atoms with van der Waals surface area (Å²) in [5.41, 5.74) is 2.08. The van der Waals surface area contributed by atoms with Crippen LogP contribution in [0.5, 0.6) is 0 Å². The van der Waals surface area contributed by atoms with Gasteiger partial charge in [0.1, 0.15) is 0 Å². The molecule has 0 bridgehead atoms. The number of nitrogens with one attached hydrogen (secondary N) is 3. The molecule has 2 saturated carbocycles. The van der Waals surface area contributed by atoms with Gasteiger partial charge in [-0.1, -0.05) is 30.3 Å². The van der Waals surface area contributed by atoms with Crippen molar-refractivity contribution in [2.45, 2.75) is 37.6 Å². The minimum atomic E-state index is 0.565. The fourth-order valence-electron chi connectivity index (χ4n) is 3.86. The van der Waals surface area contributed by atoms with E-state index in [2.05, 4.69) is 46.3 Å². The normalized spacial score (nSPS) is 32.1. The van der Waals surface area contributed by atoms with Crippen molar-refractivity contribution in [3.8, 4) is 0 Å². The second-order valence-corrected chi connectivity index (χ2v) is 7.73. The van der Waals surface area contributed by atoms with Gasteiger partial charge in [0.2, 0.25) is 0 Å². The Kier molecular flexibility index (Phi) is 4.21. The van der Waals surface area contributed by atoms with E-state index in [1.165, 1.54) is 64.0 Å². The lowest BCUT2D eigenvalue weighted by Gasteiger charge is -2.18. The van der Waals surface area contributed by atoms with Crippen LogP contribution in [0.2, 0.25) is 0 Å². The van der Waals surface area contributed by atoms with Crippen molar-refractivity contribution in [1.82, 2.24) is 16.0 Å². The molecule has 1 aliphatic heterocycles. The van der Waals surface area contributed by atoms with Crippen LogP contribution in [0.25, 0.3) is 0 Å². The van der Waals surface area contributed by atoms with Crippen molar-refractivity contribution in [2.75, 3.05) is 32.7 Å². The number of rotatable bonds is 8. The first-order valence-corrected chi connectivity index (χ1v) is 9.04. The Balaban J connectivity index is 1.16. The van der Waals surface area contributed by atoms with Gasteiger partial charge in [-0.2, -0.15) is 0 Å². The van der Waals surface area contributed by atoms with Gasteiger partial charge in [-0.25, -0.2) is 0 Å². The predicted octanol–water partition coefficient (Wildman–Crippen LogP) is 2.11. The van der Waals surface area contributed by atoms with E-state index in [1.54, 1.807) is 0 Å². The Morgan fingerprint density at radius 2 is 2.00 bits per heavy atom. The van der Waals surface area contributed by atoms with Crippen molar-refractivity contribution in [2.24, 2.45) is 11.3 Å². The molecule has 3 fully saturated rings. The molecule has 3 N–H and O–H groups in total. The maximum Gasteiger partial charge on any atom is 0.0143 e. The van der Waals surface area contributed by atoms with Gasteiger partial charge in [0, 0.05) is 25.0 Å². The Hall–Kier alpha value is -0.900. The highest BCUT2D eigenvalue weighted by molar-refractivity contribution is 5.27. The number of hydrogen-bond donors (Lipinski definition) is 3. The summed E-state index contributed by atoms with van der Waals surface area (Å²) in [7, 11) is 0. The highest BCUT2D eigenvalue weighted by atomic mass is 15.0. The molecule has 1 saturated heterocycles. The van der Waals surface area contributed by atoms with Crippen LogP contribution in [-0.2, 0) is 0 Å². The van der Waals surface area contributed by atoms with Crippen LogP contribution in [-0.4, -0.2) is 38.8 Å². The Bertz CT molecular complexity index is 477. The van der Waals surface area contributed by atoms with Gasteiger partial charge in [-0.3, -0.25) is 0 Å². The molecule has 3 nitrogen and oxygen atoms in total. The van der Waals surface area contributed by atoms with Crippen molar-refractivity contribution in [3.63, 3.8) is 0 Å². The first kappa shape index (κ1) is 14.7. The van der Waals surface area contributed by atoms with E-state index in [0.29, 0.717) is 5.41 Å². The molecule has 120 valence electrons. The van der Waals surface area contributed by atoms with E-state index >= 15 is 0 Å². The molecule has 0 amide bonds. The third-order valence-electron chi connectivity index (χ3n) is 5.81. The quantitative estimate of drug-likeness (QED) is 0.688. The SMILES string of the molecule is c1ccc([C@H]2CC2NCC2(CNCC3CCNC3)CC2)cc1. The van der Waals surface area contributed by atoms with Gasteiger partial charge >= 0.3 is 0 Å². The van der Waals surface area contributed by atoms with E-state index in [1.807, 2.05) is 0 Å². The molecule has 4 rings (SSSR count). The second-order valence-electron chi connectivity index (χ2n) is 7.73. The van der Waals surface area contributed by atoms with Crippen molar-refractivity contribution in [1.29, 1.82) is 0 Å². The second kappa shape index (κ2) is 6.31. The van der Waals surface area contributed by atoms with Crippen LogP contribution >= 0.6 is 0 Å². The molecule has 1 aromatic rings. The molecule has 1 aromatic carbocycles. The van der Waals surface area contributed by atoms with E-state index in [-0.39, 0.29) is 0 Å². The predicted molar refractivity (Wildman–Crippen MR) is 91.1 cm³/mol. The van der Waals surface area contributed by atoms with Gasteiger partial charge < -0.3 is 16.0 Å². The van der Waals surface area contributed by atoms with Crippen LogP contribution in [0.15, 0.2) is 30.3 Å². The highest BCUT2D eigenvalue weighted by Gasteiger charge is 2.45. The van der Waals surface area contributed by atoms with Crippen LogP contribution in [0.1, 0.15) is 37.2 Å². The van der Waals surface area contributed by atoms with E-state index in [4.69, 9.17) is 0 Å². The maximum atomic E-state index is 3.83. The molecular formula is C19H29N3. The Morgan fingerprint density at radius 1 is 1.14 bits per heavy atom. The first-order chi connectivity index (χ1) is 10.8. The van der Waals surface area contributed by atoms with Gasteiger partial charge in [0.05, 0.1) is 0 Å². The minimum absolute atomic E-state index is 0.565. The van der Waals surface area contributed by atoms with E-state index in [0.717, 1.165) is 17.9 Å². The number of hydrogen-bond acceptors (Lipinski definition) is 3. The topological polar surface area (TPSA) is 36.1 Å². The van der Waals surface area contributed by atoms with Crippen molar-refractivity contribution >= 4 is 0 Å². The number of benzene rings is 1. The fourth-order valence-corrected chi connectivity index (χ4v) is 3.86. The van der Waals surface area contributed by atoms with Gasteiger partial charge in [-0.15, -0.1) is 0 Å². The largest absolute Gasteiger partial charge is 0.316 e. The van der Waals surface area contributed by atoms with Gasteiger partial charge in [0.15, 0.2) is 0 Å². The average molecular weight is 299 g/mol. The monoisotopic (exact) mass is 299 g/mol. The maximum absolute atomic E-state index is 3.83. The highest BCUT2D eigenvalue weighted by Crippen LogP contribution is 2.46. The third kappa shape index (κ3) is 3.53. The summed E-state index contributed by atoms with van der Waals surface area (Å²) in [6, 6.07) is 11.7. The van der Waals surface area contributed by atoms with Crippen LogP contribution in [0, 0.1) is 11.3 Å². The summed E-state index contributed by atoms with van der Waals surface area (Å²) in [5, 5.41) is 11.0. The van der Waals surface area contributed by atoms with Crippen molar-refractivity contribution in [3.05, 3.63) is 35.9 Å². The van der Waals surface area contributed by atoms with Crippen molar-refractivity contribution < 1.29 is 0 Å². The molecule has 3 heteroatoms. The lowest BCUT2D eigenvalue weighted by Crippen LogP contribution is -2.36. The third-order valence-corrected chi connectivity index (χ3v) is 5.81. The zero-order valence-electron chi connectivity index (χ0n) is 13.5. The molecule has 2 aliphatic carbocycles. The van der Waals surface area contributed by atoms with Gasteiger partial charge in [0.25, 0.3) is 0 Å². The van der Waals surface area contributed by atoms with Crippen LogP contribution in [0.4, 0.5) is 0 Å². The fraction of sp³-hybridized carbons (Fsp3) is 0.684. The summed E-state index contributed by atoms with van der Waals surface area (Å²) in [6.07, 6.45) is 5.47. The Labute approximate surface area is 134 Å². The lowest BCUT2D eigenvalue weighted by molar-refractivity contribution is 0.399. The first-order valence-electron chi connectivity index (χ1n) is 9.04. The molecule has 3 atom stereocenters. The van der Waals surface area contributed by atoms with E-state index in [9.17, 15) is 0 Å². The molecule has 1 heterocycles. The molecule has 0 spiro atoms. The summed E-state index contributed by atoms with van der Waals surface area (Å²) < 4.78 is 0. The summed E-state index contributed by atoms with van der Waals surface area (Å²) in [6.45, 7) is 6.03. The smallest absolute Gasteiger partial charge is 0.0143 e. The van der Waals surface area contributed by atoms with E-state index < -0.39 is 0 Å². The van der Waals surface area contributed by atoms with Crippen LogP contribution in [0.3, 0.4) is 0 Å². The molecular weight excluding hydrogens is 270 g/mol.